The van der Waals surface area contributed by atoms with E-state index in [-0.39, 0.29) is 17.6 Å². The van der Waals surface area contributed by atoms with E-state index in [1.807, 2.05) is 11.8 Å². The summed E-state index contributed by atoms with van der Waals surface area (Å²) < 4.78 is 11.4. The van der Waals surface area contributed by atoms with Gasteiger partial charge in [-0.05, 0) is 25.7 Å². The van der Waals surface area contributed by atoms with E-state index in [1.54, 1.807) is 0 Å². The van der Waals surface area contributed by atoms with Gasteiger partial charge in [0.2, 0.25) is 0 Å². The zero-order valence-electron chi connectivity index (χ0n) is 11.4. The van der Waals surface area contributed by atoms with E-state index in [2.05, 4.69) is 5.32 Å². The molecule has 0 aromatic heterocycles. The SMILES string of the molecule is O=C(C1CCOC2(CCOCC2)C1)C1CSCCN1. The summed E-state index contributed by atoms with van der Waals surface area (Å²) in [4.78, 5) is 12.6. The summed E-state index contributed by atoms with van der Waals surface area (Å²) in [5, 5.41) is 3.37. The third-order valence-corrected chi connectivity index (χ3v) is 5.63. The molecule has 3 rings (SSSR count). The molecule has 5 heteroatoms. The van der Waals surface area contributed by atoms with E-state index in [0.717, 1.165) is 63.6 Å². The minimum absolute atomic E-state index is 0.0683. The fourth-order valence-electron chi connectivity index (χ4n) is 3.40. The molecular formula is C14H23NO3S. The lowest BCUT2D eigenvalue weighted by atomic mass is 9.78. The van der Waals surface area contributed by atoms with Crippen LogP contribution in [-0.2, 0) is 14.3 Å². The summed E-state index contributed by atoms with van der Waals surface area (Å²) in [5.74, 6) is 2.66. The van der Waals surface area contributed by atoms with Gasteiger partial charge < -0.3 is 14.8 Å². The normalized spacial score (nSPS) is 35.2. The second-order valence-corrected chi connectivity index (χ2v) is 6.97. The quantitative estimate of drug-likeness (QED) is 0.827. The Morgan fingerprint density at radius 2 is 2.11 bits per heavy atom. The third-order valence-electron chi connectivity index (χ3n) is 4.56. The maximum atomic E-state index is 12.6. The molecular weight excluding hydrogens is 262 g/mol. The molecule has 0 saturated carbocycles. The van der Waals surface area contributed by atoms with Crippen molar-refractivity contribution in [3.8, 4) is 0 Å². The molecule has 3 fully saturated rings. The molecule has 0 bridgehead atoms. The number of ketones is 1. The van der Waals surface area contributed by atoms with Gasteiger partial charge in [0, 0.05) is 43.8 Å². The van der Waals surface area contributed by atoms with Crippen LogP contribution in [0.15, 0.2) is 0 Å². The Kier molecular flexibility index (Phi) is 4.47. The summed E-state index contributed by atoms with van der Waals surface area (Å²) in [5.41, 5.74) is -0.0708. The molecule has 3 aliphatic rings. The summed E-state index contributed by atoms with van der Waals surface area (Å²) in [6.07, 6.45) is 3.69. The van der Waals surface area contributed by atoms with Crippen LogP contribution in [-0.4, -0.2) is 55.3 Å². The van der Waals surface area contributed by atoms with Gasteiger partial charge >= 0.3 is 0 Å². The van der Waals surface area contributed by atoms with Crippen molar-refractivity contribution in [2.75, 3.05) is 37.9 Å². The first-order chi connectivity index (χ1) is 9.29. The molecule has 1 spiro atoms. The smallest absolute Gasteiger partial charge is 0.153 e. The van der Waals surface area contributed by atoms with Crippen molar-refractivity contribution in [1.29, 1.82) is 0 Å². The minimum Gasteiger partial charge on any atom is -0.381 e. The molecule has 2 atom stereocenters. The van der Waals surface area contributed by atoms with Crippen LogP contribution in [0.3, 0.4) is 0 Å². The largest absolute Gasteiger partial charge is 0.381 e. The number of nitrogens with one attached hydrogen (secondary N) is 1. The first-order valence-electron chi connectivity index (χ1n) is 7.36. The molecule has 19 heavy (non-hydrogen) atoms. The minimum atomic E-state index is -0.0708. The van der Waals surface area contributed by atoms with Crippen molar-refractivity contribution in [3.05, 3.63) is 0 Å². The maximum absolute atomic E-state index is 12.6. The predicted molar refractivity (Wildman–Crippen MR) is 75.6 cm³/mol. The summed E-state index contributed by atoms with van der Waals surface area (Å²) in [7, 11) is 0. The first-order valence-corrected chi connectivity index (χ1v) is 8.51. The fraction of sp³-hybridized carbons (Fsp3) is 0.929. The summed E-state index contributed by atoms with van der Waals surface area (Å²) >= 11 is 1.89. The molecule has 0 amide bonds. The Morgan fingerprint density at radius 1 is 1.26 bits per heavy atom. The molecule has 2 unspecified atom stereocenters. The molecule has 0 aliphatic carbocycles. The lowest BCUT2D eigenvalue weighted by Crippen LogP contribution is -2.51. The van der Waals surface area contributed by atoms with Crippen molar-refractivity contribution in [2.45, 2.75) is 37.3 Å². The van der Waals surface area contributed by atoms with Crippen LogP contribution in [0.1, 0.15) is 25.7 Å². The van der Waals surface area contributed by atoms with Gasteiger partial charge in [-0.2, -0.15) is 11.8 Å². The van der Waals surface area contributed by atoms with E-state index in [0.29, 0.717) is 5.78 Å². The highest BCUT2D eigenvalue weighted by atomic mass is 32.2. The Morgan fingerprint density at radius 3 is 2.84 bits per heavy atom. The number of thioether (sulfide) groups is 1. The van der Waals surface area contributed by atoms with Crippen LogP contribution >= 0.6 is 11.8 Å². The van der Waals surface area contributed by atoms with E-state index in [9.17, 15) is 4.79 Å². The fourth-order valence-corrected chi connectivity index (χ4v) is 4.34. The maximum Gasteiger partial charge on any atom is 0.153 e. The number of carbonyl (C=O) groups is 1. The molecule has 0 aromatic carbocycles. The average molecular weight is 285 g/mol. The van der Waals surface area contributed by atoms with Crippen molar-refractivity contribution >= 4 is 17.5 Å². The summed E-state index contributed by atoms with van der Waals surface area (Å²) in [6.45, 7) is 3.25. The number of hydrogen-bond acceptors (Lipinski definition) is 5. The topological polar surface area (TPSA) is 47.6 Å². The molecule has 0 radical (unpaired) electrons. The predicted octanol–water partition coefficient (Wildman–Crippen LogP) is 1.24. The Balaban J connectivity index is 1.62. The number of rotatable bonds is 2. The Bertz CT molecular complexity index is 319. The summed E-state index contributed by atoms with van der Waals surface area (Å²) in [6, 6.07) is 0.0683. The first kappa shape index (κ1) is 13.9. The average Bonchev–Trinajstić information content (AvgIpc) is 2.48. The zero-order valence-corrected chi connectivity index (χ0v) is 12.2. The number of hydrogen-bond donors (Lipinski definition) is 1. The highest BCUT2D eigenvalue weighted by Gasteiger charge is 2.42. The highest BCUT2D eigenvalue weighted by Crippen LogP contribution is 2.37. The Labute approximate surface area is 119 Å². The van der Waals surface area contributed by atoms with E-state index in [1.165, 1.54) is 0 Å². The third kappa shape index (κ3) is 3.15. The Hall–Kier alpha value is -0.100. The molecule has 3 saturated heterocycles. The van der Waals surface area contributed by atoms with E-state index >= 15 is 0 Å². The zero-order chi connectivity index (χ0) is 13.1. The van der Waals surface area contributed by atoms with Gasteiger partial charge in [-0.1, -0.05) is 0 Å². The van der Waals surface area contributed by atoms with Gasteiger partial charge in [0.05, 0.1) is 11.6 Å². The van der Waals surface area contributed by atoms with Gasteiger partial charge in [-0.15, -0.1) is 0 Å². The highest BCUT2D eigenvalue weighted by molar-refractivity contribution is 7.99. The van der Waals surface area contributed by atoms with Crippen molar-refractivity contribution in [1.82, 2.24) is 5.32 Å². The number of ether oxygens (including phenoxy) is 2. The second kappa shape index (κ2) is 6.12. The van der Waals surface area contributed by atoms with Crippen LogP contribution in [0.4, 0.5) is 0 Å². The molecule has 4 nitrogen and oxygen atoms in total. The lowest BCUT2D eigenvalue weighted by Gasteiger charge is -2.43. The van der Waals surface area contributed by atoms with Gasteiger partial charge in [0.1, 0.15) is 0 Å². The van der Waals surface area contributed by atoms with Gasteiger partial charge in [-0.25, -0.2) is 0 Å². The van der Waals surface area contributed by atoms with E-state index in [4.69, 9.17) is 9.47 Å². The number of carbonyl (C=O) groups excluding carboxylic acids is 1. The van der Waals surface area contributed by atoms with Crippen LogP contribution in [0.5, 0.6) is 0 Å². The lowest BCUT2D eigenvalue weighted by molar-refractivity contribution is -0.157. The van der Waals surface area contributed by atoms with Crippen molar-refractivity contribution in [2.24, 2.45) is 5.92 Å². The van der Waals surface area contributed by atoms with Gasteiger partial charge in [-0.3, -0.25) is 4.79 Å². The molecule has 1 N–H and O–H groups in total. The van der Waals surface area contributed by atoms with Crippen molar-refractivity contribution < 1.29 is 14.3 Å². The van der Waals surface area contributed by atoms with Crippen LogP contribution in [0.25, 0.3) is 0 Å². The van der Waals surface area contributed by atoms with Crippen LogP contribution < -0.4 is 5.32 Å². The van der Waals surface area contributed by atoms with Crippen LogP contribution in [0, 0.1) is 5.92 Å². The monoisotopic (exact) mass is 285 g/mol. The molecule has 3 heterocycles. The van der Waals surface area contributed by atoms with Crippen molar-refractivity contribution in [3.63, 3.8) is 0 Å². The number of Topliss-reactive ketones (excluding diaryl/α,β-unsaturated/α-hetero) is 1. The molecule has 0 aromatic rings. The van der Waals surface area contributed by atoms with Crippen LogP contribution in [0.2, 0.25) is 0 Å². The molecule has 3 aliphatic heterocycles. The van der Waals surface area contributed by atoms with Gasteiger partial charge in [0.15, 0.2) is 5.78 Å². The van der Waals surface area contributed by atoms with Gasteiger partial charge in [0.25, 0.3) is 0 Å². The van der Waals surface area contributed by atoms with E-state index < -0.39 is 0 Å². The molecule has 108 valence electrons. The second-order valence-electron chi connectivity index (χ2n) is 5.82. The standard InChI is InChI=1S/C14H23NO3S/c16-13(12-10-19-8-4-15-12)11-1-5-18-14(9-11)2-6-17-7-3-14/h11-12,15H,1-10H2.